The number of urea groups is 1. The third-order valence-electron chi connectivity index (χ3n) is 5.56. The number of imide groups is 1. The van der Waals surface area contributed by atoms with Crippen LogP contribution in [-0.4, -0.2) is 34.2 Å². The molecule has 1 fully saturated rings. The first-order valence-electron chi connectivity index (χ1n) is 9.48. The molecule has 8 heteroatoms. The van der Waals surface area contributed by atoms with Crippen molar-refractivity contribution in [3.05, 3.63) is 70.9 Å². The fourth-order valence-electron chi connectivity index (χ4n) is 3.81. The Morgan fingerprint density at radius 3 is 2.60 bits per heavy atom. The Morgan fingerprint density at radius 2 is 1.90 bits per heavy atom. The molecule has 3 aromatic rings. The standard InChI is InChI=1S/C22H19F2N3O3/c1-3-12-5-4-6-14-15(10-25-19(12)14)18(28)11-27-20(29)22(2,26-21(27)30)13-7-8-16(23)17(24)9-13/h4-10,25H,3,11H2,1-2H3,(H,26,30). The van der Waals surface area contributed by atoms with Crippen LogP contribution in [-0.2, 0) is 16.8 Å². The molecule has 2 aromatic carbocycles. The van der Waals surface area contributed by atoms with E-state index < -0.39 is 41.4 Å². The Kier molecular flexibility index (Phi) is 4.64. The molecule has 1 aliphatic heterocycles. The van der Waals surface area contributed by atoms with Gasteiger partial charge >= 0.3 is 6.03 Å². The number of hydrogen-bond acceptors (Lipinski definition) is 3. The second-order valence-corrected chi connectivity index (χ2v) is 7.39. The van der Waals surface area contributed by atoms with Gasteiger partial charge in [0.25, 0.3) is 5.91 Å². The quantitative estimate of drug-likeness (QED) is 0.497. The van der Waals surface area contributed by atoms with Crippen molar-refractivity contribution in [1.82, 2.24) is 15.2 Å². The number of rotatable bonds is 5. The van der Waals surface area contributed by atoms with Crippen LogP contribution in [0.3, 0.4) is 0 Å². The fourth-order valence-corrected chi connectivity index (χ4v) is 3.81. The number of amides is 3. The van der Waals surface area contributed by atoms with Crippen molar-refractivity contribution in [2.75, 3.05) is 6.54 Å². The van der Waals surface area contributed by atoms with Gasteiger partial charge in [0.15, 0.2) is 17.4 Å². The number of aromatic amines is 1. The van der Waals surface area contributed by atoms with E-state index in [0.29, 0.717) is 5.56 Å². The van der Waals surface area contributed by atoms with Gasteiger partial charge in [0.05, 0.1) is 6.54 Å². The zero-order chi connectivity index (χ0) is 21.6. The molecule has 1 saturated heterocycles. The highest BCUT2D eigenvalue weighted by atomic mass is 19.2. The second kappa shape index (κ2) is 7.05. The summed E-state index contributed by atoms with van der Waals surface area (Å²) in [5.41, 5.74) is 0.762. The average molecular weight is 411 g/mol. The molecule has 2 heterocycles. The van der Waals surface area contributed by atoms with Gasteiger partial charge in [-0.2, -0.15) is 0 Å². The predicted molar refractivity (Wildman–Crippen MR) is 106 cm³/mol. The lowest BCUT2D eigenvalue weighted by molar-refractivity contribution is -0.130. The molecule has 1 aromatic heterocycles. The first-order valence-corrected chi connectivity index (χ1v) is 9.48. The van der Waals surface area contributed by atoms with E-state index >= 15 is 0 Å². The molecule has 1 unspecified atom stereocenters. The topological polar surface area (TPSA) is 82.3 Å². The number of para-hydroxylation sites is 1. The summed E-state index contributed by atoms with van der Waals surface area (Å²) in [5, 5.41) is 3.20. The van der Waals surface area contributed by atoms with Gasteiger partial charge in [-0.3, -0.25) is 14.5 Å². The van der Waals surface area contributed by atoms with Crippen molar-refractivity contribution in [2.24, 2.45) is 0 Å². The maximum Gasteiger partial charge on any atom is 0.325 e. The van der Waals surface area contributed by atoms with Gasteiger partial charge in [-0.25, -0.2) is 13.6 Å². The maximum atomic E-state index is 13.7. The summed E-state index contributed by atoms with van der Waals surface area (Å²) in [6, 6.07) is 7.82. The zero-order valence-corrected chi connectivity index (χ0v) is 16.4. The molecular formula is C22H19F2N3O3. The second-order valence-electron chi connectivity index (χ2n) is 7.39. The number of carbonyl (C=O) groups excluding carboxylic acids is 3. The van der Waals surface area contributed by atoms with Crippen LogP contribution in [0.1, 0.15) is 35.3 Å². The van der Waals surface area contributed by atoms with Gasteiger partial charge in [-0.1, -0.05) is 31.2 Å². The van der Waals surface area contributed by atoms with Gasteiger partial charge in [0.1, 0.15) is 5.54 Å². The lowest BCUT2D eigenvalue weighted by Gasteiger charge is -2.22. The third kappa shape index (κ3) is 2.96. The van der Waals surface area contributed by atoms with Gasteiger partial charge < -0.3 is 10.3 Å². The number of Topliss-reactive ketones (excluding diaryl/α,β-unsaturated/α-hetero) is 1. The summed E-state index contributed by atoms with van der Waals surface area (Å²) < 4.78 is 26.9. The smallest absolute Gasteiger partial charge is 0.325 e. The lowest BCUT2D eigenvalue weighted by atomic mass is 9.92. The molecular weight excluding hydrogens is 392 g/mol. The highest BCUT2D eigenvalue weighted by Gasteiger charge is 2.49. The summed E-state index contributed by atoms with van der Waals surface area (Å²) in [6.45, 7) is 2.93. The Bertz CT molecular complexity index is 1200. The van der Waals surface area contributed by atoms with Gasteiger partial charge in [0.2, 0.25) is 0 Å². The van der Waals surface area contributed by atoms with Crippen LogP contribution in [0.2, 0.25) is 0 Å². The normalized spacial score (nSPS) is 18.9. The van der Waals surface area contributed by atoms with E-state index in [2.05, 4.69) is 10.3 Å². The van der Waals surface area contributed by atoms with Crippen LogP contribution in [0.5, 0.6) is 0 Å². The molecule has 2 N–H and O–H groups in total. The summed E-state index contributed by atoms with van der Waals surface area (Å²) in [5.74, 6) is -3.30. The number of fused-ring (bicyclic) bond motifs is 1. The minimum Gasteiger partial charge on any atom is -0.360 e. The number of H-pyrrole nitrogens is 1. The van der Waals surface area contributed by atoms with E-state index in [1.807, 2.05) is 19.1 Å². The zero-order valence-electron chi connectivity index (χ0n) is 16.4. The Morgan fingerprint density at radius 1 is 1.13 bits per heavy atom. The van der Waals surface area contributed by atoms with E-state index in [1.165, 1.54) is 13.0 Å². The Labute approximate surface area is 170 Å². The number of carbonyl (C=O) groups is 3. The molecule has 0 bridgehead atoms. The van der Waals surface area contributed by atoms with Crippen LogP contribution in [0.4, 0.5) is 13.6 Å². The first kappa shape index (κ1) is 19.8. The molecule has 6 nitrogen and oxygen atoms in total. The van der Waals surface area contributed by atoms with Crippen LogP contribution in [0.25, 0.3) is 10.9 Å². The molecule has 0 spiro atoms. The van der Waals surface area contributed by atoms with Gasteiger partial charge in [-0.05, 0) is 36.6 Å². The number of aromatic nitrogens is 1. The number of nitrogens with zero attached hydrogens (tertiary/aromatic N) is 1. The van der Waals surface area contributed by atoms with E-state index in [1.54, 1.807) is 12.3 Å². The van der Waals surface area contributed by atoms with Crippen molar-refractivity contribution in [3.8, 4) is 0 Å². The monoisotopic (exact) mass is 411 g/mol. The number of ketones is 1. The Balaban J connectivity index is 1.62. The van der Waals surface area contributed by atoms with Crippen LogP contribution in [0.15, 0.2) is 42.6 Å². The SMILES string of the molecule is CCc1cccc2c(C(=O)CN3C(=O)NC(C)(c4ccc(F)c(F)c4)C3=O)c[nH]c12. The van der Waals surface area contributed by atoms with Crippen molar-refractivity contribution >= 4 is 28.6 Å². The fraction of sp³-hybridized carbons (Fsp3) is 0.227. The third-order valence-corrected chi connectivity index (χ3v) is 5.56. The summed E-state index contributed by atoms with van der Waals surface area (Å²) in [4.78, 5) is 42.2. The molecule has 4 rings (SSSR count). The number of halogens is 2. The van der Waals surface area contributed by atoms with Crippen LogP contribution in [0, 0.1) is 11.6 Å². The van der Waals surface area contributed by atoms with E-state index in [9.17, 15) is 23.2 Å². The largest absolute Gasteiger partial charge is 0.360 e. The molecule has 3 amide bonds. The summed E-state index contributed by atoms with van der Waals surface area (Å²) in [6.07, 6.45) is 2.35. The van der Waals surface area contributed by atoms with Crippen molar-refractivity contribution < 1.29 is 23.2 Å². The minimum atomic E-state index is -1.60. The maximum absolute atomic E-state index is 13.7. The van der Waals surface area contributed by atoms with Gasteiger partial charge in [0, 0.05) is 22.7 Å². The predicted octanol–water partition coefficient (Wildman–Crippen LogP) is 3.66. The average Bonchev–Trinajstić information content (AvgIpc) is 3.25. The highest BCUT2D eigenvalue weighted by Crippen LogP contribution is 2.30. The summed E-state index contributed by atoms with van der Waals surface area (Å²) >= 11 is 0. The van der Waals surface area contributed by atoms with Crippen molar-refractivity contribution in [1.29, 1.82) is 0 Å². The molecule has 0 radical (unpaired) electrons. The van der Waals surface area contributed by atoms with E-state index in [-0.39, 0.29) is 5.56 Å². The van der Waals surface area contributed by atoms with Crippen LogP contribution < -0.4 is 5.32 Å². The first-order chi connectivity index (χ1) is 14.3. The Hall–Kier alpha value is -3.55. The number of nitrogens with one attached hydrogen (secondary N) is 2. The molecule has 1 aliphatic rings. The summed E-state index contributed by atoms with van der Waals surface area (Å²) in [7, 11) is 0. The molecule has 30 heavy (non-hydrogen) atoms. The van der Waals surface area contributed by atoms with E-state index in [0.717, 1.165) is 39.9 Å². The number of hydrogen-bond donors (Lipinski definition) is 2. The number of benzene rings is 2. The van der Waals surface area contributed by atoms with Crippen LogP contribution >= 0.6 is 0 Å². The number of aryl methyl sites for hydroxylation is 1. The molecule has 154 valence electrons. The van der Waals surface area contributed by atoms with E-state index in [4.69, 9.17) is 0 Å². The lowest BCUT2D eigenvalue weighted by Crippen LogP contribution is -2.41. The molecule has 0 aliphatic carbocycles. The van der Waals surface area contributed by atoms with Crippen molar-refractivity contribution in [2.45, 2.75) is 25.8 Å². The minimum absolute atomic E-state index is 0.0920. The molecule has 0 saturated carbocycles. The molecule has 1 atom stereocenters. The van der Waals surface area contributed by atoms with Crippen molar-refractivity contribution in [3.63, 3.8) is 0 Å². The highest BCUT2D eigenvalue weighted by molar-refractivity contribution is 6.14. The van der Waals surface area contributed by atoms with Gasteiger partial charge in [-0.15, -0.1) is 0 Å².